The van der Waals surface area contributed by atoms with Crippen LogP contribution in [0.5, 0.6) is 0 Å². The topological polar surface area (TPSA) is 66.3 Å². The van der Waals surface area contributed by atoms with Gasteiger partial charge in [-0.05, 0) is 75.3 Å². The van der Waals surface area contributed by atoms with Gasteiger partial charge in [-0.2, -0.15) is 5.10 Å². The molecule has 2 fully saturated rings. The summed E-state index contributed by atoms with van der Waals surface area (Å²) in [7, 11) is 2.03. The predicted molar refractivity (Wildman–Crippen MR) is 132 cm³/mol. The first-order valence-corrected chi connectivity index (χ1v) is 12.2. The van der Waals surface area contributed by atoms with Crippen molar-refractivity contribution in [1.82, 2.24) is 24.6 Å². The Morgan fingerprint density at radius 1 is 1.06 bits per heavy atom. The molecule has 2 aliphatic heterocycles. The van der Waals surface area contributed by atoms with Crippen molar-refractivity contribution in [2.24, 2.45) is 7.05 Å². The molecule has 3 aromatic rings. The Bertz CT molecular complexity index is 1130. The molecule has 1 atom stereocenters. The van der Waals surface area contributed by atoms with Crippen LogP contribution in [0.25, 0.3) is 21.9 Å². The van der Waals surface area contributed by atoms with Gasteiger partial charge in [0.15, 0.2) is 0 Å². The molecule has 1 amide bonds. The van der Waals surface area contributed by atoms with Crippen LogP contribution in [-0.2, 0) is 18.4 Å². The zero-order chi connectivity index (χ0) is 22.8. The number of amides is 1. The summed E-state index contributed by atoms with van der Waals surface area (Å²) in [4.78, 5) is 21.8. The van der Waals surface area contributed by atoms with Crippen LogP contribution >= 0.6 is 0 Å². The molecule has 174 valence electrons. The lowest BCUT2D eigenvalue weighted by atomic mass is 10.0. The number of anilines is 1. The molecule has 7 heteroatoms. The molecule has 0 aliphatic carbocycles. The molecule has 0 spiro atoms. The number of likely N-dealkylation sites (tertiary alicyclic amines) is 2. The van der Waals surface area contributed by atoms with Gasteiger partial charge in [-0.3, -0.25) is 19.3 Å². The largest absolute Gasteiger partial charge is 0.310 e. The smallest absolute Gasteiger partial charge is 0.239 e. The summed E-state index contributed by atoms with van der Waals surface area (Å²) >= 11 is 0. The Balaban J connectivity index is 1.35. The van der Waals surface area contributed by atoms with Gasteiger partial charge in [0, 0.05) is 36.8 Å². The lowest BCUT2D eigenvalue weighted by Crippen LogP contribution is -2.35. The molecule has 1 N–H and O–H groups in total. The van der Waals surface area contributed by atoms with E-state index in [4.69, 9.17) is 0 Å². The van der Waals surface area contributed by atoms with E-state index in [2.05, 4.69) is 50.3 Å². The highest BCUT2D eigenvalue weighted by molar-refractivity contribution is 5.95. The van der Waals surface area contributed by atoms with Crippen molar-refractivity contribution in [1.29, 1.82) is 0 Å². The first kappa shape index (κ1) is 22.0. The predicted octanol–water partition coefficient (Wildman–Crippen LogP) is 4.04. The average Bonchev–Trinajstić information content (AvgIpc) is 3.39. The average molecular weight is 447 g/mol. The number of carbonyl (C=O) groups excluding carboxylic acids is 1. The third kappa shape index (κ3) is 4.94. The van der Waals surface area contributed by atoms with Crippen molar-refractivity contribution in [2.75, 3.05) is 31.5 Å². The molecule has 0 radical (unpaired) electrons. The highest BCUT2D eigenvalue weighted by atomic mass is 16.2. The second-order valence-corrected chi connectivity index (χ2v) is 9.61. The fourth-order valence-corrected chi connectivity index (χ4v) is 5.19. The number of fused-ring (bicyclic) bond motifs is 1. The van der Waals surface area contributed by atoms with E-state index in [0.29, 0.717) is 18.4 Å². The van der Waals surface area contributed by atoms with Crippen LogP contribution in [0.1, 0.15) is 44.7 Å². The third-order valence-electron chi connectivity index (χ3n) is 7.22. The Labute approximate surface area is 195 Å². The first-order chi connectivity index (χ1) is 16.1. The Kier molecular flexibility index (Phi) is 6.42. The Morgan fingerprint density at radius 3 is 2.70 bits per heavy atom. The fraction of sp³-hybridized carbons (Fsp3) is 0.500. The summed E-state index contributed by atoms with van der Waals surface area (Å²) in [5, 5.41) is 9.69. The molecular formula is C26H34N6O. The first-order valence-electron chi connectivity index (χ1n) is 12.2. The van der Waals surface area contributed by atoms with Gasteiger partial charge in [0.05, 0.1) is 18.4 Å². The lowest BCUT2D eigenvalue weighted by molar-refractivity contribution is -0.117. The highest BCUT2D eigenvalue weighted by Gasteiger charge is 2.22. The maximum atomic E-state index is 12.6. The van der Waals surface area contributed by atoms with Gasteiger partial charge in [-0.1, -0.05) is 18.6 Å². The van der Waals surface area contributed by atoms with E-state index >= 15 is 0 Å². The van der Waals surface area contributed by atoms with Gasteiger partial charge in [-0.25, -0.2) is 4.98 Å². The monoisotopic (exact) mass is 446 g/mol. The Hall–Kier alpha value is -2.77. The van der Waals surface area contributed by atoms with Crippen molar-refractivity contribution >= 4 is 22.5 Å². The lowest BCUT2D eigenvalue weighted by Gasteiger charge is -2.26. The van der Waals surface area contributed by atoms with Gasteiger partial charge in [0.25, 0.3) is 0 Å². The minimum atomic E-state index is 0.00262. The van der Waals surface area contributed by atoms with Crippen molar-refractivity contribution in [2.45, 2.75) is 51.6 Å². The van der Waals surface area contributed by atoms with Crippen molar-refractivity contribution in [3.63, 3.8) is 0 Å². The number of benzene rings is 1. The SMILES string of the molecule is C[C@H]1CCCN1CC(=O)Nc1cc2cc(-c3cnn(C)c3CN3CCCCC3)ccc2cn1. The molecule has 2 saturated heterocycles. The molecule has 0 saturated carbocycles. The number of carbonyl (C=O) groups is 1. The molecule has 0 unspecified atom stereocenters. The van der Waals surface area contributed by atoms with Crippen LogP contribution in [0, 0.1) is 0 Å². The van der Waals surface area contributed by atoms with Crippen LogP contribution < -0.4 is 5.32 Å². The summed E-state index contributed by atoms with van der Waals surface area (Å²) in [5.41, 5.74) is 3.57. The Morgan fingerprint density at radius 2 is 1.91 bits per heavy atom. The minimum Gasteiger partial charge on any atom is -0.310 e. The molecule has 4 heterocycles. The number of aromatic nitrogens is 3. The van der Waals surface area contributed by atoms with Gasteiger partial charge in [-0.15, -0.1) is 0 Å². The van der Waals surface area contributed by atoms with Gasteiger partial charge in [0.1, 0.15) is 5.82 Å². The molecule has 2 aliphatic rings. The van der Waals surface area contributed by atoms with Gasteiger partial charge < -0.3 is 5.32 Å². The van der Waals surface area contributed by atoms with E-state index in [-0.39, 0.29) is 5.91 Å². The summed E-state index contributed by atoms with van der Waals surface area (Å²) < 4.78 is 2.01. The molecule has 5 rings (SSSR count). The van der Waals surface area contributed by atoms with Crippen LogP contribution in [0.2, 0.25) is 0 Å². The number of nitrogens with one attached hydrogen (secondary N) is 1. The number of pyridine rings is 1. The zero-order valence-corrected chi connectivity index (χ0v) is 19.8. The maximum absolute atomic E-state index is 12.6. The van der Waals surface area contributed by atoms with E-state index in [1.165, 1.54) is 43.4 Å². The minimum absolute atomic E-state index is 0.00262. The number of hydrogen-bond donors (Lipinski definition) is 1. The summed E-state index contributed by atoms with van der Waals surface area (Å²) in [6.07, 6.45) is 10.0. The molecule has 0 bridgehead atoms. The molecule has 2 aromatic heterocycles. The summed E-state index contributed by atoms with van der Waals surface area (Å²) in [6.45, 7) is 6.86. The number of piperidine rings is 1. The number of nitrogens with zero attached hydrogens (tertiary/aromatic N) is 5. The number of rotatable bonds is 6. The molecular weight excluding hydrogens is 412 g/mol. The van der Waals surface area contributed by atoms with Crippen LogP contribution in [-0.4, -0.2) is 62.7 Å². The number of aryl methyl sites for hydroxylation is 1. The van der Waals surface area contributed by atoms with Crippen LogP contribution in [0.3, 0.4) is 0 Å². The van der Waals surface area contributed by atoms with Crippen molar-refractivity contribution in [3.8, 4) is 11.1 Å². The van der Waals surface area contributed by atoms with E-state index in [9.17, 15) is 4.79 Å². The van der Waals surface area contributed by atoms with Crippen LogP contribution in [0.4, 0.5) is 5.82 Å². The van der Waals surface area contributed by atoms with Gasteiger partial charge in [0.2, 0.25) is 5.91 Å². The second kappa shape index (κ2) is 9.61. The van der Waals surface area contributed by atoms with E-state index in [1.807, 2.05) is 30.2 Å². The van der Waals surface area contributed by atoms with Crippen LogP contribution in [0.15, 0.2) is 36.7 Å². The standard InChI is InChI=1S/C26H34N6O/c1-19-7-6-12-32(19)18-26(33)29-25-14-22-13-20(8-9-21(22)15-27-25)23-16-28-30(2)24(23)17-31-10-4-3-5-11-31/h8-9,13-16,19H,3-7,10-12,17-18H2,1-2H3,(H,27,29,33)/t19-/m0/s1. The summed E-state index contributed by atoms with van der Waals surface area (Å²) in [5.74, 6) is 0.610. The summed E-state index contributed by atoms with van der Waals surface area (Å²) in [6, 6.07) is 8.89. The van der Waals surface area contributed by atoms with Crippen molar-refractivity contribution < 1.29 is 4.79 Å². The van der Waals surface area contributed by atoms with Crippen molar-refractivity contribution in [3.05, 3.63) is 42.4 Å². The quantitative estimate of drug-likeness (QED) is 0.619. The molecule has 1 aromatic carbocycles. The maximum Gasteiger partial charge on any atom is 0.239 e. The molecule has 7 nitrogen and oxygen atoms in total. The second-order valence-electron chi connectivity index (χ2n) is 9.61. The third-order valence-corrected chi connectivity index (χ3v) is 7.22. The normalized spacial score (nSPS) is 19.9. The van der Waals surface area contributed by atoms with E-state index < -0.39 is 0 Å². The zero-order valence-electron chi connectivity index (χ0n) is 19.8. The highest BCUT2D eigenvalue weighted by Crippen LogP contribution is 2.29. The van der Waals surface area contributed by atoms with E-state index in [1.54, 1.807) is 0 Å². The molecule has 33 heavy (non-hydrogen) atoms. The van der Waals surface area contributed by atoms with E-state index in [0.717, 1.165) is 42.5 Å². The number of hydrogen-bond acceptors (Lipinski definition) is 5. The fourth-order valence-electron chi connectivity index (χ4n) is 5.19. The van der Waals surface area contributed by atoms with Gasteiger partial charge >= 0.3 is 0 Å².